The summed E-state index contributed by atoms with van der Waals surface area (Å²) < 4.78 is 5.01. The first-order valence-corrected chi connectivity index (χ1v) is 5.30. The zero-order valence-electron chi connectivity index (χ0n) is 10.4. The van der Waals surface area contributed by atoms with Gasteiger partial charge in [-0.05, 0) is 18.4 Å². The van der Waals surface area contributed by atoms with Crippen molar-refractivity contribution in [2.45, 2.75) is 33.7 Å². The first kappa shape index (κ1) is 13.3. The second-order valence-corrected chi connectivity index (χ2v) is 5.06. The second-order valence-electron chi connectivity index (χ2n) is 5.06. The molecule has 0 saturated carbocycles. The fourth-order valence-corrected chi connectivity index (χ4v) is 1.43. The van der Waals surface area contributed by atoms with Crippen LogP contribution in [0.15, 0.2) is 16.7 Å². The lowest BCUT2D eigenvalue weighted by atomic mass is 9.86. The number of nitrogens with one attached hydrogen (secondary N) is 1. The number of furan rings is 1. The monoisotopic (exact) mass is 239 g/mol. The molecular formula is C12H17NO4. The van der Waals surface area contributed by atoms with Gasteiger partial charge in [-0.2, -0.15) is 0 Å². The van der Waals surface area contributed by atoms with Crippen LogP contribution in [0.4, 0.5) is 0 Å². The number of amides is 1. The molecule has 1 aromatic heterocycles. The number of hydrogen-bond acceptors (Lipinski definition) is 3. The first-order chi connectivity index (χ1) is 7.71. The summed E-state index contributed by atoms with van der Waals surface area (Å²) >= 11 is 0. The Morgan fingerprint density at radius 2 is 2.00 bits per heavy atom. The zero-order chi connectivity index (χ0) is 13.2. The van der Waals surface area contributed by atoms with E-state index in [-0.39, 0.29) is 0 Å². The molecule has 17 heavy (non-hydrogen) atoms. The number of hydrogen-bond donors (Lipinski definition) is 2. The summed E-state index contributed by atoms with van der Waals surface area (Å²) in [6.07, 6.45) is 1.31. The van der Waals surface area contributed by atoms with Gasteiger partial charge in [0.1, 0.15) is 18.1 Å². The fraction of sp³-hybridized carbons (Fsp3) is 0.500. The molecule has 1 atom stereocenters. The smallest absolute Gasteiger partial charge is 0.326 e. The van der Waals surface area contributed by atoms with Crippen molar-refractivity contribution in [3.8, 4) is 0 Å². The second kappa shape index (κ2) is 4.61. The lowest BCUT2D eigenvalue weighted by Gasteiger charge is -2.27. The third kappa shape index (κ3) is 3.34. The third-order valence-corrected chi connectivity index (χ3v) is 2.38. The van der Waals surface area contributed by atoms with Gasteiger partial charge < -0.3 is 14.8 Å². The fourth-order valence-electron chi connectivity index (χ4n) is 1.43. The minimum atomic E-state index is -1.05. The summed E-state index contributed by atoms with van der Waals surface area (Å²) in [5.74, 6) is -0.881. The number of carboxylic acid groups (broad SMARTS) is 1. The molecule has 0 aliphatic rings. The van der Waals surface area contributed by atoms with Gasteiger partial charge in [0.15, 0.2) is 0 Å². The molecule has 94 valence electrons. The van der Waals surface area contributed by atoms with E-state index < -0.39 is 23.3 Å². The van der Waals surface area contributed by atoms with E-state index in [2.05, 4.69) is 5.32 Å². The van der Waals surface area contributed by atoms with Gasteiger partial charge in [-0.3, -0.25) is 4.79 Å². The van der Waals surface area contributed by atoms with E-state index in [9.17, 15) is 9.59 Å². The number of carboxylic acids is 1. The van der Waals surface area contributed by atoms with Crippen LogP contribution in [-0.2, 0) is 4.79 Å². The molecule has 0 bridgehead atoms. The Kier molecular flexibility index (Phi) is 3.60. The van der Waals surface area contributed by atoms with Crippen LogP contribution in [0.2, 0.25) is 0 Å². The summed E-state index contributed by atoms with van der Waals surface area (Å²) in [7, 11) is 0. The molecule has 0 saturated heterocycles. The number of aliphatic carboxylic acids is 1. The van der Waals surface area contributed by atoms with Crippen molar-refractivity contribution in [3.05, 3.63) is 23.7 Å². The Hall–Kier alpha value is -1.78. The Bertz CT molecular complexity index is 428. The molecule has 0 radical (unpaired) electrons. The Labute approximate surface area is 99.8 Å². The molecule has 1 heterocycles. The molecule has 0 aliphatic heterocycles. The molecule has 0 aromatic carbocycles. The maximum atomic E-state index is 11.8. The van der Waals surface area contributed by atoms with Crippen LogP contribution in [0, 0.1) is 12.3 Å². The predicted octanol–water partition coefficient (Wildman–Crippen LogP) is 1.82. The van der Waals surface area contributed by atoms with E-state index in [1.54, 1.807) is 33.8 Å². The van der Waals surface area contributed by atoms with Crippen LogP contribution in [0.1, 0.15) is 36.9 Å². The van der Waals surface area contributed by atoms with Crippen molar-refractivity contribution in [1.29, 1.82) is 0 Å². The SMILES string of the molecule is Cc1cc(C(=O)N[C@H](C(=O)O)C(C)(C)C)co1. The van der Waals surface area contributed by atoms with Crippen LogP contribution in [-0.4, -0.2) is 23.0 Å². The van der Waals surface area contributed by atoms with E-state index in [1.165, 1.54) is 6.26 Å². The molecule has 5 heteroatoms. The zero-order valence-corrected chi connectivity index (χ0v) is 10.4. The topological polar surface area (TPSA) is 79.5 Å². The largest absolute Gasteiger partial charge is 0.480 e. The van der Waals surface area contributed by atoms with Crippen LogP contribution >= 0.6 is 0 Å². The van der Waals surface area contributed by atoms with Crippen molar-refractivity contribution in [2.75, 3.05) is 0 Å². The van der Waals surface area contributed by atoms with Crippen molar-refractivity contribution in [3.63, 3.8) is 0 Å². The molecule has 0 fully saturated rings. The Balaban J connectivity index is 2.82. The maximum absolute atomic E-state index is 11.8. The van der Waals surface area contributed by atoms with Gasteiger partial charge in [-0.1, -0.05) is 20.8 Å². The van der Waals surface area contributed by atoms with E-state index >= 15 is 0 Å². The summed E-state index contributed by atoms with van der Waals surface area (Å²) in [6.45, 7) is 6.99. The summed E-state index contributed by atoms with van der Waals surface area (Å²) in [5.41, 5.74) is -0.224. The molecular weight excluding hydrogens is 222 g/mol. The average molecular weight is 239 g/mol. The van der Waals surface area contributed by atoms with Crippen molar-refractivity contribution >= 4 is 11.9 Å². The highest BCUT2D eigenvalue weighted by atomic mass is 16.4. The molecule has 0 aliphatic carbocycles. The quantitative estimate of drug-likeness (QED) is 0.843. The summed E-state index contributed by atoms with van der Waals surface area (Å²) in [6, 6.07) is 0.627. The highest BCUT2D eigenvalue weighted by Crippen LogP contribution is 2.20. The molecule has 2 N–H and O–H groups in total. The van der Waals surface area contributed by atoms with Gasteiger partial charge in [0.25, 0.3) is 5.91 Å². The summed E-state index contributed by atoms with van der Waals surface area (Å²) in [4.78, 5) is 22.9. The average Bonchev–Trinajstić information content (AvgIpc) is 2.58. The number of carbonyl (C=O) groups is 2. The minimum absolute atomic E-state index is 0.331. The van der Waals surface area contributed by atoms with Crippen molar-refractivity contribution in [2.24, 2.45) is 5.41 Å². The normalized spacial score (nSPS) is 13.2. The van der Waals surface area contributed by atoms with Crippen LogP contribution < -0.4 is 5.32 Å². The van der Waals surface area contributed by atoms with E-state index in [0.29, 0.717) is 11.3 Å². The minimum Gasteiger partial charge on any atom is -0.480 e. The highest BCUT2D eigenvalue weighted by molar-refractivity contribution is 5.96. The van der Waals surface area contributed by atoms with E-state index in [4.69, 9.17) is 9.52 Å². The maximum Gasteiger partial charge on any atom is 0.326 e. The highest BCUT2D eigenvalue weighted by Gasteiger charge is 2.32. The Morgan fingerprint density at radius 3 is 2.35 bits per heavy atom. The predicted molar refractivity (Wildman–Crippen MR) is 61.8 cm³/mol. The van der Waals surface area contributed by atoms with Gasteiger partial charge in [-0.25, -0.2) is 4.79 Å². The van der Waals surface area contributed by atoms with E-state index in [0.717, 1.165) is 0 Å². The molecule has 0 unspecified atom stereocenters. The molecule has 1 rings (SSSR count). The molecule has 1 amide bonds. The van der Waals surface area contributed by atoms with Crippen molar-refractivity contribution in [1.82, 2.24) is 5.32 Å². The van der Waals surface area contributed by atoms with Crippen molar-refractivity contribution < 1.29 is 19.1 Å². The van der Waals surface area contributed by atoms with Gasteiger partial charge in [0, 0.05) is 0 Å². The van der Waals surface area contributed by atoms with Gasteiger partial charge in [0.05, 0.1) is 5.56 Å². The lowest BCUT2D eigenvalue weighted by Crippen LogP contribution is -2.49. The van der Waals surface area contributed by atoms with Gasteiger partial charge in [-0.15, -0.1) is 0 Å². The third-order valence-electron chi connectivity index (χ3n) is 2.38. The molecule has 0 spiro atoms. The van der Waals surface area contributed by atoms with Gasteiger partial charge in [0.2, 0.25) is 0 Å². The standard InChI is InChI=1S/C12H17NO4/c1-7-5-8(6-17-7)10(14)13-9(11(15)16)12(2,3)4/h5-6,9H,1-4H3,(H,13,14)(H,15,16)/t9-/m1/s1. The first-order valence-electron chi connectivity index (χ1n) is 5.30. The molecule has 1 aromatic rings. The van der Waals surface area contributed by atoms with Crippen LogP contribution in [0.5, 0.6) is 0 Å². The van der Waals surface area contributed by atoms with Gasteiger partial charge >= 0.3 is 5.97 Å². The van der Waals surface area contributed by atoms with Crippen LogP contribution in [0.25, 0.3) is 0 Å². The van der Waals surface area contributed by atoms with Crippen LogP contribution in [0.3, 0.4) is 0 Å². The number of aryl methyl sites for hydroxylation is 1. The number of carbonyl (C=O) groups excluding carboxylic acids is 1. The van der Waals surface area contributed by atoms with E-state index in [1.807, 2.05) is 0 Å². The number of rotatable bonds is 3. The lowest BCUT2D eigenvalue weighted by molar-refractivity contribution is -0.142. The summed E-state index contributed by atoms with van der Waals surface area (Å²) in [5, 5.41) is 11.6. The Morgan fingerprint density at radius 1 is 1.41 bits per heavy atom. The molecule has 5 nitrogen and oxygen atoms in total.